The van der Waals surface area contributed by atoms with Crippen molar-refractivity contribution in [3.05, 3.63) is 27.1 Å². The standard InChI is InChI=1S/C9H8Br2N2O/c10-5-1-2-6(11)8(3-5)13-4-7(12)9(13)14/h1-3,7H,4,12H2. The van der Waals surface area contributed by atoms with Crippen molar-refractivity contribution in [2.45, 2.75) is 6.04 Å². The third-order valence-corrected chi connectivity index (χ3v) is 3.33. The van der Waals surface area contributed by atoms with Gasteiger partial charge in [-0.05, 0) is 34.1 Å². The number of amides is 1. The molecule has 0 radical (unpaired) electrons. The predicted molar refractivity (Wildman–Crippen MR) is 62.2 cm³/mol. The van der Waals surface area contributed by atoms with Gasteiger partial charge in [0.15, 0.2) is 0 Å². The van der Waals surface area contributed by atoms with Crippen LogP contribution in [0.4, 0.5) is 5.69 Å². The SMILES string of the molecule is NC1CN(c2cc(Br)ccc2Br)C1=O. The quantitative estimate of drug-likeness (QED) is 0.803. The molecule has 74 valence electrons. The van der Waals surface area contributed by atoms with E-state index in [0.717, 1.165) is 14.6 Å². The summed E-state index contributed by atoms with van der Waals surface area (Å²) >= 11 is 6.76. The molecule has 0 bridgehead atoms. The summed E-state index contributed by atoms with van der Waals surface area (Å²) in [6.45, 7) is 0.591. The zero-order valence-corrected chi connectivity index (χ0v) is 10.4. The molecule has 1 saturated heterocycles. The molecule has 14 heavy (non-hydrogen) atoms. The van der Waals surface area contributed by atoms with E-state index in [2.05, 4.69) is 31.9 Å². The van der Waals surface area contributed by atoms with Gasteiger partial charge in [-0.25, -0.2) is 0 Å². The van der Waals surface area contributed by atoms with Crippen molar-refractivity contribution in [1.82, 2.24) is 0 Å². The highest BCUT2D eigenvalue weighted by Gasteiger charge is 2.35. The summed E-state index contributed by atoms with van der Waals surface area (Å²) in [7, 11) is 0. The number of anilines is 1. The largest absolute Gasteiger partial charge is 0.318 e. The number of nitrogens with two attached hydrogens (primary N) is 1. The molecule has 2 N–H and O–H groups in total. The Kier molecular flexibility index (Phi) is 2.64. The minimum Gasteiger partial charge on any atom is -0.318 e. The van der Waals surface area contributed by atoms with Crippen LogP contribution in [0.25, 0.3) is 0 Å². The highest BCUT2D eigenvalue weighted by Crippen LogP contribution is 2.32. The minimum absolute atomic E-state index is 0.0243. The molecule has 1 aliphatic heterocycles. The Hall–Kier alpha value is -0.390. The lowest BCUT2D eigenvalue weighted by molar-refractivity contribution is -0.123. The molecule has 1 aliphatic rings. The Morgan fingerprint density at radius 2 is 2.14 bits per heavy atom. The van der Waals surface area contributed by atoms with Crippen molar-refractivity contribution in [2.75, 3.05) is 11.4 Å². The number of rotatable bonds is 1. The third-order valence-electron chi connectivity index (χ3n) is 2.16. The van der Waals surface area contributed by atoms with E-state index in [1.165, 1.54) is 0 Å². The molecule has 0 aliphatic carbocycles. The van der Waals surface area contributed by atoms with Crippen LogP contribution in [0.1, 0.15) is 0 Å². The van der Waals surface area contributed by atoms with Crippen molar-refractivity contribution in [3.63, 3.8) is 0 Å². The number of hydrogen-bond acceptors (Lipinski definition) is 2. The molecule has 0 spiro atoms. The minimum atomic E-state index is -0.333. The van der Waals surface area contributed by atoms with Crippen LogP contribution in [0.15, 0.2) is 27.1 Å². The average Bonchev–Trinajstić information content (AvgIpc) is 2.18. The van der Waals surface area contributed by atoms with E-state index in [9.17, 15) is 4.79 Å². The number of halogens is 2. The first-order valence-electron chi connectivity index (χ1n) is 4.11. The summed E-state index contributed by atoms with van der Waals surface area (Å²) in [6, 6.07) is 5.38. The lowest BCUT2D eigenvalue weighted by atomic mass is 10.1. The average molecular weight is 320 g/mol. The van der Waals surface area contributed by atoms with Gasteiger partial charge >= 0.3 is 0 Å². The van der Waals surface area contributed by atoms with Crippen LogP contribution in [0.2, 0.25) is 0 Å². The van der Waals surface area contributed by atoms with Crippen molar-refractivity contribution in [1.29, 1.82) is 0 Å². The Bertz CT molecular complexity index is 394. The Labute approximate surface area is 98.5 Å². The van der Waals surface area contributed by atoms with E-state index in [4.69, 9.17) is 5.73 Å². The molecule has 0 saturated carbocycles. The Morgan fingerprint density at radius 3 is 2.71 bits per heavy atom. The van der Waals surface area contributed by atoms with Gasteiger partial charge in [0.2, 0.25) is 5.91 Å². The van der Waals surface area contributed by atoms with E-state index < -0.39 is 0 Å². The fourth-order valence-corrected chi connectivity index (χ4v) is 2.17. The number of carbonyl (C=O) groups is 1. The molecule has 1 atom stereocenters. The van der Waals surface area contributed by atoms with E-state index in [0.29, 0.717) is 6.54 Å². The Morgan fingerprint density at radius 1 is 1.43 bits per heavy atom. The third kappa shape index (κ3) is 1.60. The highest BCUT2D eigenvalue weighted by molar-refractivity contribution is 9.11. The number of carbonyl (C=O) groups excluding carboxylic acids is 1. The summed E-state index contributed by atoms with van der Waals surface area (Å²) in [4.78, 5) is 13.1. The first-order valence-corrected chi connectivity index (χ1v) is 5.70. The van der Waals surface area contributed by atoms with Gasteiger partial charge in [-0.3, -0.25) is 4.79 Å². The van der Waals surface area contributed by atoms with Gasteiger partial charge in [-0.2, -0.15) is 0 Å². The Balaban J connectivity index is 2.33. The highest BCUT2D eigenvalue weighted by atomic mass is 79.9. The van der Waals surface area contributed by atoms with Gasteiger partial charge in [-0.15, -0.1) is 0 Å². The van der Waals surface area contributed by atoms with Crippen LogP contribution >= 0.6 is 31.9 Å². The zero-order valence-electron chi connectivity index (χ0n) is 7.21. The summed E-state index contributed by atoms with van der Waals surface area (Å²) in [5.74, 6) is -0.0243. The second-order valence-corrected chi connectivity index (χ2v) is 4.92. The van der Waals surface area contributed by atoms with Crippen molar-refractivity contribution < 1.29 is 4.79 Å². The van der Waals surface area contributed by atoms with Gasteiger partial charge < -0.3 is 10.6 Å². The maximum absolute atomic E-state index is 11.4. The summed E-state index contributed by atoms with van der Waals surface area (Å²) < 4.78 is 1.85. The van der Waals surface area contributed by atoms with Crippen LogP contribution < -0.4 is 10.6 Å². The first kappa shape index (κ1) is 10.1. The summed E-state index contributed by atoms with van der Waals surface area (Å²) in [6.07, 6.45) is 0. The number of benzene rings is 1. The monoisotopic (exact) mass is 318 g/mol. The van der Waals surface area contributed by atoms with Crippen LogP contribution in [-0.2, 0) is 4.79 Å². The number of β-lactam (4-membered cyclic amide) rings is 1. The second-order valence-electron chi connectivity index (χ2n) is 3.15. The molecule has 1 fully saturated rings. The molecule has 1 aromatic rings. The predicted octanol–water partition coefficient (Wildman–Crippen LogP) is 1.89. The topological polar surface area (TPSA) is 46.3 Å². The molecule has 1 unspecified atom stereocenters. The van der Waals surface area contributed by atoms with Crippen LogP contribution in [-0.4, -0.2) is 18.5 Å². The second kappa shape index (κ2) is 3.64. The van der Waals surface area contributed by atoms with E-state index >= 15 is 0 Å². The fraction of sp³-hybridized carbons (Fsp3) is 0.222. The van der Waals surface area contributed by atoms with Crippen molar-refractivity contribution in [2.24, 2.45) is 5.73 Å². The lowest BCUT2D eigenvalue weighted by Crippen LogP contribution is -2.61. The normalized spacial score (nSPS) is 20.9. The van der Waals surface area contributed by atoms with Gasteiger partial charge in [0.25, 0.3) is 0 Å². The molecular weight excluding hydrogens is 312 g/mol. The molecule has 3 nitrogen and oxygen atoms in total. The maximum Gasteiger partial charge on any atom is 0.245 e. The van der Waals surface area contributed by atoms with Crippen molar-refractivity contribution in [3.8, 4) is 0 Å². The molecule has 1 heterocycles. The van der Waals surface area contributed by atoms with E-state index in [1.807, 2.05) is 18.2 Å². The van der Waals surface area contributed by atoms with Crippen LogP contribution in [0.3, 0.4) is 0 Å². The zero-order chi connectivity index (χ0) is 10.3. The molecule has 2 rings (SSSR count). The molecule has 5 heteroatoms. The van der Waals surface area contributed by atoms with Crippen LogP contribution in [0, 0.1) is 0 Å². The first-order chi connectivity index (χ1) is 6.59. The van der Waals surface area contributed by atoms with E-state index in [-0.39, 0.29) is 11.9 Å². The smallest absolute Gasteiger partial charge is 0.245 e. The maximum atomic E-state index is 11.4. The van der Waals surface area contributed by atoms with Gasteiger partial charge in [-0.1, -0.05) is 15.9 Å². The van der Waals surface area contributed by atoms with Gasteiger partial charge in [0.05, 0.1) is 12.2 Å². The molecular formula is C9H8Br2N2O. The number of hydrogen-bond donors (Lipinski definition) is 1. The fourth-order valence-electron chi connectivity index (χ4n) is 1.36. The van der Waals surface area contributed by atoms with Gasteiger partial charge in [0, 0.05) is 8.95 Å². The molecule has 0 aromatic heterocycles. The van der Waals surface area contributed by atoms with Crippen molar-refractivity contribution >= 4 is 43.5 Å². The molecule has 1 amide bonds. The lowest BCUT2D eigenvalue weighted by Gasteiger charge is -2.36. The molecule has 1 aromatic carbocycles. The number of nitrogens with zero attached hydrogens (tertiary/aromatic N) is 1. The summed E-state index contributed by atoms with van der Waals surface area (Å²) in [5.41, 5.74) is 6.39. The van der Waals surface area contributed by atoms with E-state index in [1.54, 1.807) is 4.90 Å². The summed E-state index contributed by atoms with van der Waals surface area (Å²) in [5, 5.41) is 0. The van der Waals surface area contributed by atoms with Crippen LogP contribution in [0.5, 0.6) is 0 Å². The van der Waals surface area contributed by atoms with Gasteiger partial charge in [0.1, 0.15) is 6.04 Å².